The number of nitrogens with two attached hydrogens (primary N) is 1. The quantitative estimate of drug-likeness (QED) is 0.719. The van der Waals surface area contributed by atoms with Gasteiger partial charge in [0.25, 0.3) is 0 Å². The van der Waals surface area contributed by atoms with Gasteiger partial charge in [-0.3, -0.25) is 4.79 Å². The van der Waals surface area contributed by atoms with Gasteiger partial charge < -0.3 is 16.2 Å². The minimum absolute atomic E-state index is 0.0624. The molecule has 19 heavy (non-hydrogen) atoms. The highest BCUT2D eigenvalue weighted by Gasteiger charge is 2.29. The SMILES string of the molecule is Cc1nc(CNC(=O)CC(N)C2CC2)sc1C(=O)O. The number of hydrogen-bond donors (Lipinski definition) is 3. The first-order valence-corrected chi connectivity index (χ1v) is 7.01. The molecule has 4 N–H and O–H groups in total. The van der Waals surface area contributed by atoms with Gasteiger partial charge in [-0.2, -0.15) is 0 Å². The molecule has 1 atom stereocenters. The fourth-order valence-electron chi connectivity index (χ4n) is 1.88. The Hall–Kier alpha value is -1.47. The van der Waals surface area contributed by atoms with E-state index in [0.29, 0.717) is 23.0 Å². The summed E-state index contributed by atoms with van der Waals surface area (Å²) in [6, 6.07) is -0.0624. The second-order valence-electron chi connectivity index (χ2n) is 4.81. The number of thiazole rings is 1. The lowest BCUT2D eigenvalue weighted by Crippen LogP contribution is -2.32. The van der Waals surface area contributed by atoms with Crippen molar-refractivity contribution in [1.29, 1.82) is 0 Å². The standard InChI is InChI=1S/C12H17N3O3S/c1-6-11(12(17)18)19-10(15-6)5-14-9(16)4-8(13)7-2-3-7/h7-8H,2-5,13H2,1H3,(H,14,16)(H,17,18). The largest absolute Gasteiger partial charge is 0.477 e. The molecular formula is C12H17N3O3S. The van der Waals surface area contributed by atoms with Crippen LogP contribution in [0.1, 0.15) is 39.6 Å². The summed E-state index contributed by atoms with van der Waals surface area (Å²) in [4.78, 5) is 26.9. The molecule has 1 aliphatic rings. The molecular weight excluding hydrogens is 266 g/mol. The molecule has 0 saturated heterocycles. The van der Waals surface area contributed by atoms with Crippen molar-refractivity contribution < 1.29 is 14.7 Å². The van der Waals surface area contributed by atoms with Crippen LogP contribution < -0.4 is 11.1 Å². The zero-order valence-electron chi connectivity index (χ0n) is 10.7. The van der Waals surface area contributed by atoms with Gasteiger partial charge in [0.15, 0.2) is 0 Å². The van der Waals surface area contributed by atoms with E-state index >= 15 is 0 Å². The van der Waals surface area contributed by atoms with Crippen LogP contribution in [0, 0.1) is 12.8 Å². The number of nitrogens with zero attached hydrogens (tertiary/aromatic N) is 1. The zero-order valence-corrected chi connectivity index (χ0v) is 11.5. The van der Waals surface area contributed by atoms with Gasteiger partial charge in [0.05, 0.1) is 12.2 Å². The molecule has 104 valence electrons. The maximum absolute atomic E-state index is 11.7. The Morgan fingerprint density at radius 2 is 2.26 bits per heavy atom. The Morgan fingerprint density at radius 3 is 2.79 bits per heavy atom. The third-order valence-electron chi connectivity index (χ3n) is 3.12. The van der Waals surface area contributed by atoms with Crippen LogP contribution in [-0.4, -0.2) is 28.0 Å². The molecule has 7 heteroatoms. The van der Waals surface area contributed by atoms with Crippen molar-refractivity contribution in [3.63, 3.8) is 0 Å². The van der Waals surface area contributed by atoms with Gasteiger partial charge in [0.1, 0.15) is 9.88 Å². The van der Waals surface area contributed by atoms with E-state index in [2.05, 4.69) is 10.3 Å². The van der Waals surface area contributed by atoms with Crippen molar-refractivity contribution in [2.45, 2.75) is 38.8 Å². The molecule has 1 fully saturated rings. The normalized spacial score (nSPS) is 16.1. The number of aryl methyl sites for hydroxylation is 1. The maximum Gasteiger partial charge on any atom is 0.347 e. The summed E-state index contributed by atoms with van der Waals surface area (Å²) in [5, 5.41) is 12.2. The van der Waals surface area contributed by atoms with Crippen molar-refractivity contribution in [1.82, 2.24) is 10.3 Å². The van der Waals surface area contributed by atoms with Gasteiger partial charge >= 0.3 is 5.97 Å². The molecule has 1 heterocycles. The van der Waals surface area contributed by atoms with E-state index in [0.717, 1.165) is 24.2 Å². The summed E-state index contributed by atoms with van der Waals surface area (Å²) in [5.74, 6) is -0.598. The van der Waals surface area contributed by atoms with E-state index in [4.69, 9.17) is 10.8 Å². The van der Waals surface area contributed by atoms with Gasteiger partial charge in [-0.15, -0.1) is 11.3 Å². The maximum atomic E-state index is 11.7. The number of aromatic nitrogens is 1. The Bertz CT molecular complexity index is 496. The van der Waals surface area contributed by atoms with Crippen molar-refractivity contribution in [2.24, 2.45) is 11.7 Å². The molecule has 1 aliphatic carbocycles. The van der Waals surface area contributed by atoms with Crippen LogP contribution in [0.25, 0.3) is 0 Å². The molecule has 1 aromatic rings. The molecule has 0 bridgehead atoms. The van der Waals surface area contributed by atoms with E-state index in [1.165, 1.54) is 0 Å². The monoisotopic (exact) mass is 283 g/mol. The van der Waals surface area contributed by atoms with E-state index in [1.807, 2.05) is 0 Å². The molecule has 0 aliphatic heterocycles. The van der Waals surface area contributed by atoms with E-state index in [1.54, 1.807) is 6.92 Å². The highest BCUT2D eigenvalue weighted by Crippen LogP contribution is 2.32. The summed E-state index contributed by atoms with van der Waals surface area (Å²) < 4.78 is 0. The smallest absolute Gasteiger partial charge is 0.347 e. The number of aromatic carboxylic acids is 1. The van der Waals surface area contributed by atoms with Crippen LogP contribution in [0.4, 0.5) is 0 Å². The van der Waals surface area contributed by atoms with Crippen LogP contribution >= 0.6 is 11.3 Å². The van der Waals surface area contributed by atoms with Crippen molar-refractivity contribution in [3.05, 3.63) is 15.6 Å². The molecule has 0 radical (unpaired) electrons. The summed E-state index contributed by atoms with van der Waals surface area (Å²) in [6.07, 6.45) is 2.55. The van der Waals surface area contributed by atoms with Crippen LogP contribution in [0.3, 0.4) is 0 Å². The van der Waals surface area contributed by atoms with Gasteiger partial charge in [-0.1, -0.05) is 0 Å². The van der Waals surface area contributed by atoms with E-state index in [9.17, 15) is 9.59 Å². The van der Waals surface area contributed by atoms with Gasteiger partial charge in [0.2, 0.25) is 5.91 Å². The summed E-state index contributed by atoms with van der Waals surface area (Å²) in [6.45, 7) is 1.91. The Morgan fingerprint density at radius 1 is 1.58 bits per heavy atom. The van der Waals surface area contributed by atoms with Gasteiger partial charge in [-0.05, 0) is 25.7 Å². The lowest BCUT2D eigenvalue weighted by atomic mass is 10.1. The number of carbonyl (C=O) groups excluding carboxylic acids is 1. The Kier molecular flexibility index (Phi) is 4.16. The fourth-order valence-corrected chi connectivity index (χ4v) is 2.72. The third kappa shape index (κ3) is 3.74. The zero-order chi connectivity index (χ0) is 14.0. The molecule has 2 rings (SSSR count). The van der Waals surface area contributed by atoms with Gasteiger partial charge in [0, 0.05) is 12.5 Å². The first-order chi connectivity index (χ1) is 8.97. The minimum atomic E-state index is -0.983. The second kappa shape index (κ2) is 5.66. The average Bonchev–Trinajstić information content (AvgIpc) is 3.10. The van der Waals surface area contributed by atoms with Crippen LogP contribution in [0.5, 0.6) is 0 Å². The molecule has 0 aromatic carbocycles. The minimum Gasteiger partial charge on any atom is -0.477 e. The van der Waals surface area contributed by atoms with E-state index in [-0.39, 0.29) is 23.4 Å². The molecule has 1 aromatic heterocycles. The highest BCUT2D eigenvalue weighted by molar-refractivity contribution is 7.13. The number of nitrogens with one attached hydrogen (secondary N) is 1. The number of hydrogen-bond acceptors (Lipinski definition) is 5. The van der Waals surface area contributed by atoms with Crippen molar-refractivity contribution in [3.8, 4) is 0 Å². The van der Waals surface area contributed by atoms with Crippen molar-refractivity contribution in [2.75, 3.05) is 0 Å². The molecule has 1 saturated carbocycles. The molecule has 6 nitrogen and oxygen atoms in total. The second-order valence-corrected chi connectivity index (χ2v) is 5.89. The Balaban J connectivity index is 1.82. The summed E-state index contributed by atoms with van der Waals surface area (Å²) in [7, 11) is 0. The average molecular weight is 283 g/mol. The first kappa shape index (κ1) is 14.0. The predicted octanol–water partition coefficient (Wildman–Crippen LogP) is 0.893. The van der Waals surface area contributed by atoms with E-state index < -0.39 is 5.97 Å². The molecule has 1 unspecified atom stereocenters. The van der Waals surface area contributed by atoms with Crippen LogP contribution in [0.15, 0.2) is 0 Å². The Labute approximate surface area is 115 Å². The van der Waals surface area contributed by atoms with Gasteiger partial charge in [-0.25, -0.2) is 9.78 Å². The third-order valence-corrected chi connectivity index (χ3v) is 4.27. The summed E-state index contributed by atoms with van der Waals surface area (Å²) in [5.41, 5.74) is 6.35. The first-order valence-electron chi connectivity index (χ1n) is 6.19. The summed E-state index contributed by atoms with van der Waals surface area (Å²) >= 11 is 1.09. The number of carbonyl (C=O) groups is 2. The number of rotatable bonds is 6. The lowest BCUT2D eigenvalue weighted by Gasteiger charge is -2.09. The van der Waals surface area contributed by atoms with Crippen LogP contribution in [0.2, 0.25) is 0 Å². The highest BCUT2D eigenvalue weighted by atomic mass is 32.1. The van der Waals surface area contributed by atoms with Crippen molar-refractivity contribution >= 4 is 23.2 Å². The number of amides is 1. The molecule has 1 amide bonds. The lowest BCUT2D eigenvalue weighted by molar-refractivity contribution is -0.121. The number of carboxylic acids is 1. The predicted molar refractivity (Wildman–Crippen MR) is 71.0 cm³/mol. The number of carboxylic acid groups (broad SMARTS) is 1. The fraction of sp³-hybridized carbons (Fsp3) is 0.583. The van der Waals surface area contributed by atoms with Crippen LogP contribution in [-0.2, 0) is 11.3 Å². The topological polar surface area (TPSA) is 105 Å². The molecule has 0 spiro atoms.